The Bertz CT molecular complexity index is 1230. The highest BCUT2D eigenvalue weighted by molar-refractivity contribution is 7.91. The molecule has 1 aliphatic carbocycles. The second-order valence-corrected chi connectivity index (χ2v) is 11.6. The molecular formula is C25H34N4O5S. The lowest BCUT2D eigenvalue weighted by atomic mass is 9.85. The second kappa shape index (κ2) is 9.29. The third-order valence-corrected chi connectivity index (χ3v) is 9.24. The first-order valence-corrected chi connectivity index (χ1v) is 13.9. The standard InChI is InChI=1S/C25H34N4O5S/c1-5-20-22(21(6-2)29(26-20)28(17(3)4)24(31)32)35(33,34)19-11-9-18(10-12-19)27-16-15-25(23(27)30)13-7-8-14-25/h9-12,17H,5-8,13-16H2,1-4H3,(H,31,32). The molecule has 190 valence electrons. The Balaban J connectivity index is 1.71. The summed E-state index contributed by atoms with van der Waals surface area (Å²) in [6.45, 7) is 7.66. The number of nitrogens with zero attached hydrogens (tertiary/aromatic N) is 4. The predicted octanol–water partition coefficient (Wildman–Crippen LogP) is 4.16. The monoisotopic (exact) mass is 502 g/mol. The highest BCUT2D eigenvalue weighted by Crippen LogP contribution is 2.47. The van der Waals surface area contributed by atoms with Crippen LogP contribution < -0.4 is 9.91 Å². The van der Waals surface area contributed by atoms with Crippen molar-refractivity contribution in [1.29, 1.82) is 0 Å². The van der Waals surface area contributed by atoms with E-state index in [1.165, 1.54) is 16.9 Å². The van der Waals surface area contributed by atoms with E-state index in [1.807, 2.05) is 0 Å². The van der Waals surface area contributed by atoms with E-state index in [0.717, 1.165) is 37.1 Å². The number of amides is 2. The van der Waals surface area contributed by atoms with Gasteiger partial charge in [0.15, 0.2) is 0 Å². The molecule has 0 atom stereocenters. The zero-order valence-corrected chi connectivity index (χ0v) is 21.6. The number of carbonyl (C=O) groups is 2. The summed E-state index contributed by atoms with van der Waals surface area (Å²) in [6.07, 6.45) is 4.30. The second-order valence-electron chi connectivity index (χ2n) is 9.73. The van der Waals surface area contributed by atoms with E-state index >= 15 is 0 Å². The summed E-state index contributed by atoms with van der Waals surface area (Å²) >= 11 is 0. The fraction of sp³-hybridized carbons (Fsp3) is 0.560. The van der Waals surface area contributed by atoms with E-state index in [9.17, 15) is 23.1 Å². The molecule has 10 heteroatoms. The molecule has 1 aromatic carbocycles. The van der Waals surface area contributed by atoms with E-state index in [4.69, 9.17) is 0 Å². The Morgan fingerprint density at radius 2 is 1.74 bits per heavy atom. The largest absolute Gasteiger partial charge is 0.464 e. The van der Waals surface area contributed by atoms with Crippen molar-refractivity contribution in [2.75, 3.05) is 16.5 Å². The van der Waals surface area contributed by atoms with Crippen LogP contribution in [0.5, 0.6) is 0 Å². The van der Waals surface area contributed by atoms with Crippen LogP contribution in [0.2, 0.25) is 0 Å². The van der Waals surface area contributed by atoms with Crippen molar-refractivity contribution in [3.8, 4) is 0 Å². The van der Waals surface area contributed by atoms with Crippen LogP contribution in [0.4, 0.5) is 10.5 Å². The quantitative estimate of drug-likeness (QED) is 0.608. The number of carbonyl (C=O) groups excluding carboxylic acids is 1. The van der Waals surface area contributed by atoms with Crippen LogP contribution in [0.1, 0.15) is 71.2 Å². The van der Waals surface area contributed by atoms with Crippen molar-refractivity contribution in [2.45, 2.75) is 88.5 Å². The van der Waals surface area contributed by atoms with Gasteiger partial charge in [0.25, 0.3) is 0 Å². The summed E-state index contributed by atoms with van der Waals surface area (Å²) in [6, 6.07) is 6.02. The van der Waals surface area contributed by atoms with Gasteiger partial charge in [0.2, 0.25) is 15.7 Å². The molecule has 1 saturated heterocycles. The first kappa shape index (κ1) is 25.2. The van der Waals surface area contributed by atoms with E-state index in [1.54, 1.807) is 44.7 Å². The number of aryl methyl sites for hydroxylation is 1. The van der Waals surface area contributed by atoms with E-state index in [-0.39, 0.29) is 21.1 Å². The lowest BCUT2D eigenvalue weighted by Gasteiger charge is -2.24. The molecule has 0 unspecified atom stereocenters. The van der Waals surface area contributed by atoms with Crippen LogP contribution in [0.25, 0.3) is 0 Å². The Labute approximate surface area is 206 Å². The van der Waals surface area contributed by atoms with E-state index < -0.39 is 22.0 Å². The third kappa shape index (κ3) is 4.11. The first-order valence-electron chi connectivity index (χ1n) is 12.4. The van der Waals surface area contributed by atoms with E-state index in [0.29, 0.717) is 36.5 Å². The van der Waals surface area contributed by atoms with Gasteiger partial charge in [0.05, 0.1) is 27.7 Å². The molecule has 0 bridgehead atoms. The fourth-order valence-corrected chi connectivity index (χ4v) is 7.29. The number of hydrogen-bond acceptors (Lipinski definition) is 5. The summed E-state index contributed by atoms with van der Waals surface area (Å²) in [5.41, 5.74) is 1.13. The van der Waals surface area contributed by atoms with Gasteiger partial charge in [-0.2, -0.15) is 14.9 Å². The van der Waals surface area contributed by atoms with Gasteiger partial charge in [-0.3, -0.25) is 4.79 Å². The molecule has 1 N–H and O–H groups in total. The van der Waals surface area contributed by atoms with Crippen LogP contribution >= 0.6 is 0 Å². The van der Waals surface area contributed by atoms with Gasteiger partial charge in [0, 0.05) is 12.2 Å². The molecule has 2 aromatic rings. The SMILES string of the molecule is CCc1nn(N(C(=O)O)C(C)C)c(CC)c1S(=O)(=O)c1ccc(N2CCC3(CCCC3)C2=O)cc1. The summed E-state index contributed by atoms with van der Waals surface area (Å²) in [7, 11) is -3.97. The van der Waals surface area contributed by atoms with E-state index in [2.05, 4.69) is 5.10 Å². The van der Waals surface area contributed by atoms with Crippen LogP contribution in [-0.2, 0) is 27.5 Å². The molecule has 9 nitrogen and oxygen atoms in total. The van der Waals surface area contributed by atoms with Gasteiger partial charge in [-0.25, -0.2) is 13.2 Å². The van der Waals surface area contributed by atoms with Gasteiger partial charge in [-0.15, -0.1) is 0 Å². The van der Waals surface area contributed by atoms with Crippen LogP contribution in [0.3, 0.4) is 0 Å². The number of aromatic nitrogens is 2. The van der Waals surface area contributed by atoms with Crippen molar-refractivity contribution in [3.05, 3.63) is 35.7 Å². The van der Waals surface area contributed by atoms with Crippen molar-refractivity contribution >= 4 is 27.5 Å². The zero-order chi connectivity index (χ0) is 25.5. The topological polar surface area (TPSA) is 113 Å². The molecule has 1 spiro atoms. The number of anilines is 1. The number of carboxylic acid groups (broad SMARTS) is 1. The normalized spacial score (nSPS) is 17.6. The molecule has 4 rings (SSSR count). The lowest BCUT2D eigenvalue weighted by Crippen LogP contribution is -2.46. The maximum Gasteiger partial charge on any atom is 0.428 e. The molecular weight excluding hydrogens is 468 g/mol. The van der Waals surface area contributed by atoms with Gasteiger partial charge < -0.3 is 10.0 Å². The average Bonchev–Trinajstić information content (AvgIpc) is 3.52. The predicted molar refractivity (Wildman–Crippen MR) is 132 cm³/mol. The number of sulfone groups is 1. The van der Waals surface area contributed by atoms with Gasteiger partial charge in [-0.1, -0.05) is 26.7 Å². The summed E-state index contributed by atoms with van der Waals surface area (Å²) < 4.78 is 27.5. The van der Waals surface area contributed by atoms with Crippen molar-refractivity contribution in [1.82, 2.24) is 9.89 Å². The Morgan fingerprint density at radius 1 is 1.11 bits per heavy atom. The summed E-state index contributed by atoms with van der Waals surface area (Å²) in [5, 5.41) is 15.2. The molecule has 1 aliphatic heterocycles. The maximum atomic E-state index is 13.8. The Kier molecular flexibility index (Phi) is 6.70. The molecule has 0 radical (unpaired) electrons. The molecule has 2 heterocycles. The highest BCUT2D eigenvalue weighted by atomic mass is 32.2. The minimum absolute atomic E-state index is 0.0595. The molecule has 1 aromatic heterocycles. The van der Waals surface area contributed by atoms with Crippen LogP contribution in [0, 0.1) is 5.41 Å². The van der Waals surface area contributed by atoms with Gasteiger partial charge >= 0.3 is 6.09 Å². The zero-order valence-electron chi connectivity index (χ0n) is 20.8. The minimum atomic E-state index is -3.97. The van der Waals surface area contributed by atoms with Crippen molar-refractivity contribution < 1.29 is 23.1 Å². The highest BCUT2D eigenvalue weighted by Gasteiger charge is 2.48. The smallest absolute Gasteiger partial charge is 0.428 e. The number of hydrogen-bond donors (Lipinski definition) is 1. The van der Waals surface area contributed by atoms with Crippen LogP contribution in [-0.4, -0.2) is 48.0 Å². The van der Waals surface area contributed by atoms with Crippen LogP contribution in [0.15, 0.2) is 34.1 Å². The molecule has 2 fully saturated rings. The number of benzene rings is 1. The molecule has 1 saturated carbocycles. The Hall–Kier alpha value is -2.88. The average molecular weight is 503 g/mol. The lowest BCUT2D eigenvalue weighted by molar-refractivity contribution is -0.125. The van der Waals surface area contributed by atoms with Crippen molar-refractivity contribution in [3.63, 3.8) is 0 Å². The summed E-state index contributed by atoms with van der Waals surface area (Å²) in [5.74, 6) is 0.149. The Morgan fingerprint density at radius 3 is 2.26 bits per heavy atom. The molecule has 2 amide bonds. The van der Waals surface area contributed by atoms with Gasteiger partial charge in [-0.05, 0) is 70.2 Å². The van der Waals surface area contributed by atoms with Crippen molar-refractivity contribution in [2.24, 2.45) is 5.41 Å². The molecule has 2 aliphatic rings. The van der Waals surface area contributed by atoms with Gasteiger partial charge in [0.1, 0.15) is 4.90 Å². The third-order valence-electron chi connectivity index (χ3n) is 7.34. The minimum Gasteiger partial charge on any atom is -0.464 e. The number of rotatable bonds is 7. The fourth-order valence-electron chi connectivity index (χ4n) is 5.53. The first-order chi connectivity index (χ1) is 16.6. The summed E-state index contributed by atoms with van der Waals surface area (Å²) in [4.78, 5) is 28.2. The molecule has 35 heavy (non-hydrogen) atoms. The maximum absolute atomic E-state index is 13.8.